The molecule has 3 aromatic rings. The summed E-state index contributed by atoms with van der Waals surface area (Å²) in [6, 6.07) is 11.5. The van der Waals surface area contributed by atoms with E-state index in [4.69, 9.17) is 0 Å². The second-order valence-corrected chi connectivity index (χ2v) is 11.5. The number of anilines is 2. The number of aryl methyl sites for hydroxylation is 2. The standard InChI is InChI=1S/C26H23N3O3S2/c1-13-4-3-5-14(2)23(13)28-20(30)12-33-26-27-18-9-8-17(11-19(18)34-26)29-24(31)21-15-6-7-16(10-15)22(21)25(29)32/h3-9,11,15-16,21-22H,10,12H2,1-2H3,(H,28,30)/t15-,16-,21+,22+/m0/s1. The van der Waals surface area contributed by atoms with E-state index < -0.39 is 0 Å². The van der Waals surface area contributed by atoms with Crippen LogP contribution >= 0.6 is 23.1 Å². The van der Waals surface area contributed by atoms with Crippen LogP contribution in [0.5, 0.6) is 0 Å². The first-order chi connectivity index (χ1) is 16.4. The van der Waals surface area contributed by atoms with E-state index in [9.17, 15) is 14.4 Å². The van der Waals surface area contributed by atoms with Crippen LogP contribution in [0.15, 0.2) is 52.9 Å². The lowest BCUT2D eigenvalue weighted by atomic mass is 9.85. The van der Waals surface area contributed by atoms with Gasteiger partial charge in [-0.15, -0.1) is 11.3 Å². The predicted molar refractivity (Wildman–Crippen MR) is 135 cm³/mol. The number of hydrogen-bond acceptors (Lipinski definition) is 6. The molecule has 1 saturated carbocycles. The van der Waals surface area contributed by atoms with Gasteiger partial charge in [-0.3, -0.25) is 14.4 Å². The SMILES string of the molecule is Cc1cccc(C)c1NC(=O)CSc1nc2ccc(N3C(=O)[C@H]4[C@H](C3=O)[C@H]3C=C[C@H]4C3)cc2s1. The first-order valence-corrected chi connectivity index (χ1v) is 13.2. The largest absolute Gasteiger partial charge is 0.325 e. The third kappa shape index (κ3) is 3.39. The fourth-order valence-electron chi connectivity index (χ4n) is 5.56. The molecule has 0 radical (unpaired) electrons. The third-order valence-corrected chi connectivity index (χ3v) is 9.31. The number of imide groups is 1. The highest BCUT2D eigenvalue weighted by Gasteiger charge is 2.59. The Hall–Kier alpha value is -2.97. The highest BCUT2D eigenvalue weighted by molar-refractivity contribution is 8.01. The number of carbonyl (C=O) groups is 3. The van der Waals surface area contributed by atoms with Crippen LogP contribution in [0, 0.1) is 37.5 Å². The summed E-state index contributed by atoms with van der Waals surface area (Å²) in [5.41, 5.74) is 4.33. The number of amides is 3. The Kier molecular flexibility index (Phi) is 5.11. The number of nitrogens with zero attached hydrogens (tertiary/aromatic N) is 2. The molecule has 1 N–H and O–H groups in total. The van der Waals surface area contributed by atoms with Crippen molar-refractivity contribution in [3.05, 3.63) is 59.7 Å². The van der Waals surface area contributed by atoms with Gasteiger partial charge in [0, 0.05) is 5.69 Å². The van der Waals surface area contributed by atoms with Crippen molar-refractivity contribution in [2.24, 2.45) is 23.7 Å². The lowest BCUT2D eigenvalue weighted by molar-refractivity contribution is -0.123. The number of fused-ring (bicyclic) bond motifs is 6. The number of carbonyl (C=O) groups excluding carboxylic acids is 3. The molecular formula is C26H23N3O3S2. The van der Waals surface area contributed by atoms with E-state index in [0.29, 0.717) is 5.69 Å². The van der Waals surface area contributed by atoms with Gasteiger partial charge in [-0.25, -0.2) is 9.88 Å². The molecule has 3 amide bonds. The first-order valence-electron chi connectivity index (χ1n) is 11.4. The van der Waals surface area contributed by atoms with E-state index in [-0.39, 0.29) is 47.1 Å². The topological polar surface area (TPSA) is 79.4 Å². The third-order valence-electron chi connectivity index (χ3n) is 7.15. The van der Waals surface area contributed by atoms with Gasteiger partial charge in [0.25, 0.3) is 0 Å². The van der Waals surface area contributed by atoms with Crippen molar-refractivity contribution < 1.29 is 14.4 Å². The number of para-hydroxylation sites is 1. The van der Waals surface area contributed by atoms with Crippen molar-refractivity contribution >= 4 is 62.4 Å². The van der Waals surface area contributed by atoms with Crippen LogP contribution in [-0.2, 0) is 14.4 Å². The Labute approximate surface area is 205 Å². The normalized spacial score (nSPS) is 24.9. The van der Waals surface area contributed by atoms with Crippen LogP contribution in [0.2, 0.25) is 0 Å². The Morgan fingerprint density at radius 1 is 1.09 bits per heavy atom. The van der Waals surface area contributed by atoms with E-state index in [2.05, 4.69) is 22.5 Å². The summed E-state index contributed by atoms with van der Waals surface area (Å²) in [6.07, 6.45) is 5.13. The number of nitrogens with one attached hydrogen (secondary N) is 1. The average Bonchev–Trinajstić information content (AvgIpc) is 3.57. The molecule has 2 aliphatic carbocycles. The predicted octanol–water partition coefficient (Wildman–Crippen LogP) is 4.96. The average molecular weight is 490 g/mol. The minimum atomic E-state index is -0.207. The molecule has 1 aliphatic heterocycles. The molecule has 1 saturated heterocycles. The van der Waals surface area contributed by atoms with E-state index in [1.54, 1.807) is 6.07 Å². The van der Waals surface area contributed by atoms with E-state index in [1.165, 1.54) is 28.0 Å². The second kappa shape index (κ2) is 8.06. The molecule has 3 aliphatic rings. The summed E-state index contributed by atoms with van der Waals surface area (Å²) in [5, 5.41) is 3.00. The van der Waals surface area contributed by atoms with Crippen molar-refractivity contribution in [3.8, 4) is 0 Å². The molecule has 8 heteroatoms. The van der Waals surface area contributed by atoms with Crippen molar-refractivity contribution in [3.63, 3.8) is 0 Å². The van der Waals surface area contributed by atoms with E-state index in [1.807, 2.05) is 44.2 Å². The number of thioether (sulfide) groups is 1. The summed E-state index contributed by atoms with van der Waals surface area (Å²) in [5.74, 6) is -0.0000257. The number of benzene rings is 2. The van der Waals surface area contributed by atoms with Gasteiger partial charge in [0.2, 0.25) is 17.7 Å². The molecule has 1 aromatic heterocycles. The van der Waals surface area contributed by atoms with Crippen molar-refractivity contribution in [1.29, 1.82) is 0 Å². The Balaban J connectivity index is 1.17. The summed E-state index contributed by atoms with van der Waals surface area (Å²) < 4.78 is 1.68. The Morgan fingerprint density at radius 3 is 2.44 bits per heavy atom. The minimum Gasteiger partial charge on any atom is -0.325 e. The zero-order valence-electron chi connectivity index (χ0n) is 18.8. The first kappa shape index (κ1) is 21.6. The molecule has 2 bridgehead atoms. The van der Waals surface area contributed by atoms with Gasteiger partial charge in [0.05, 0.1) is 33.5 Å². The second-order valence-electron chi connectivity index (χ2n) is 9.25. The van der Waals surface area contributed by atoms with Gasteiger partial charge < -0.3 is 5.32 Å². The fraction of sp³-hybridized carbons (Fsp3) is 0.308. The van der Waals surface area contributed by atoms with Gasteiger partial charge in [-0.05, 0) is 61.4 Å². The number of allylic oxidation sites excluding steroid dienone is 2. The van der Waals surface area contributed by atoms with Crippen LogP contribution in [0.25, 0.3) is 10.2 Å². The molecule has 172 valence electrons. The molecule has 2 heterocycles. The van der Waals surface area contributed by atoms with Crippen LogP contribution in [-0.4, -0.2) is 28.5 Å². The molecule has 6 nitrogen and oxygen atoms in total. The summed E-state index contributed by atoms with van der Waals surface area (Å²) >= 11 is 2.86. The van der Waals surface area contributed by atoms with Crippen LogP contribution in [0.3, 0.4) is 0 Å². The van der Waals surface area contributed by atoms with Gasteiger partial charge in [0.1, 0.15) is 0 Å². The molecule has 34 heavy (non-hydrogen) atoms. The number of aromatic nitrogens is 1. The number of thiazole rings is 1. The highest BCUT2D eigenvalue weighted by Crippen LogP contribution is 2.53. The van der Waals surface area contributed by atoms with Gasteiger partial charge in [-0.1, -0.05) is 42.1 Å². The lowest BCUT2D eigenvalue weighted by Gasteiger charge is -2.17. The van der Waals surface area contributed by atoms with E-state index in [0.717, 1.165) is 37.8 Å². The van der Waals surface area contributed by atoms with Crippen molar-refractivity contribution in [2.75, 3.05) is 16.0 Å². The quantitative estimate of drug-likeness (QED) is 0.311. The van der Waals surface area contributed by atoms with Crippen LogP contribution < -0.4 is 10.2 Å². The smallest absolute Gasteiger partial charge is 0.238 e. The number of hydrogen-bond donors (Lipinski definition) is 1. The highest BCUT2D eigenvalue weighted by atomic mass is 32.2. The lowest BCUT2D eigenvalue weighted by Crippen LogP contribution is -2.32. The zero-order chi connectivity index (χ0) is 23.6. The zero-order valence-corrected chi connectivity index (χ0v) is 20.4. The number of rotatable bonds is 5. The monoisotopic (exact) mass is 489 g/mol. The Morgan fingerprint density at radius 2 is 1.76 bits per heavy atom. The molecule has 2 aromatic carbocycles. The Bertz CT molecular complexity index is 1340. The molecule has 4 atom stereocenters. The van der Waals surface area contributed by atoms with Crippen LogP contribution in [0.4, 0.5) is 11.4 Å². The van der Waals surface area contributed by atoms with Crippen molar-refractivity contribution in [2.45, 2.75) is 24.6 Å². The summed E-state index contributed by atoms with van der Waals surface area (Å²) in [6.45, 7) is 3.95. The molecule has 2 fully saturated rings. The van der Waals surface area contributed by atoms with Crippen molar-refractivity contribution in [1.82, 2.24) is 4.98 Å². The molecule has 6 rings (SSSR count). The van der Waals surface area contributed by atoms with E-state index >= 15 is 0 Å². The van der Waals surface area contributed by atoms with Gasteiger partial charge in [-0.2, -0.15) is 0 Å². The van der Waals surface area contributed by atoms with Crippen LogP contribution in [0.1, 0.15) is 17.5 Å². The maximum Gasteiger partial charge on any atom is 0.238 e. The maximum absolute atomic E-state index is 13.1. The molecular weight excluding hydrogens is 466 g/mol. The fourth-order valence-corrected chi connectivity index (χ4v) is 7.47. The minimum absolute atomic E-state index is 0.0755. The maximum atomic E-state index is 13.1. The summed E-state index contributed by atoms with van der Waals surface area (Å²) in [4.78, 5) is 44.8. The summed E-state index contributed by atoms with van der Waals surface area (Å²) in [7, 11) is 0. The molecule has 0 unspecified atom stereocenters. The van der Waals surface area contributed by atoms with Gasteiger partial charge in [0.15, 0.2) is 4.34 Å². The molecule has 0 spiro atoms. The van der Waals surface area contributed by atoms with Gasteiger partial charge >= 0.3 is 0 Å².